The number of carbonyl (C=O) groups excluding carboxylic acids is 1. The number of aryl methyl sites for hydroxylation is 1. The molecule has 28 heavy (non-hydrogen) atoms. The summed E-state index contributed by atoms with van der Waals surface area (Å²) in [6.45, 7) is 4.09. The number of hydrogen-bond acceptors (Lipinski definition) is 4. The molecule has 0 aliphatic rings. The molecule has 0 heterocycles. The van der Waals surface area contributed by atoms with E-state index in [1.165, 1.54) is 4.31 Å². The lowest BCUT2D eigenvalue weighted by Gasteiger charge is -2.33. The summed E-state index contributed by atoms with van der Waals surface area (Å²) < 4.78 is 31.5. The van der Waals surface area contributed by atoms with Gasteiger partial charge in [0.15, 0.2) is 0 Å². The van der Waals surface area contributed by atoms with E-state index in [0.717, 1.165) is 23.1 Å². The van der Waals surface area contributed by atoms with Gasteiger partial charge in [0.05, 0.1) is 19.1 Å². The molecule has 0 radical (unpaired) electrons. The summed E-state index contributed by atoms with van der Waals surface area (Å²) in [5, 5.41) is 0. The molecule has 0 aromatic heterocycles. The van der Waals surface area contributed by atoms with E-state index in [0.29, 0.717) is 18.7 Å². The molecule has 2 aromatic rings. The molecular formula is C21H28N2O4S. The number of methoxy groups -OCH3 is 1. The second kappa shape index (κ2) is 9.10. The van der Waals surface area contributed by atoms with Crippen molar-refractivity contribution >= 4 is 21.6 Å². The van der Waals surface area contributed by atoms with Gasteiger partial charge in [-0.1, -0.05) is 31.2 Å². The highest BCUT2D eigenvalue weighted by Crippen LogP contribution is 2.24. The molecule has 0 bridgehead atoms. The third-order valence-corrected chi connectivity index (χ3v) is 5.70. The number of anilines is 1. The van der Waals surface area contributed by atoms with Crippen molar-refractivity contribution in [3.8, 4) is 5.75 Å². The zero-order valence-corrected chi connectivity index (χ0v) is 17.9. The van der Waals surface area contributed by atoms with Gasteiger partial charge in [-0.05, 0) is 48.7 Å². The van der Waals surface area contributed by atoms with E-state index in [1.807, 2.05) is 44.2 Å². The quantitative estimate of drug-likeness (QED) is 0.678. The minimum absolute atomic E-state index is 0.245. The van der Waals surface area contributed by atoms with Crippen LogP contribution in [0, 0.1) is 6.92 Å². The number of benzene rings is 2. The Morgan fingerprint density at radius 2 is 1.79 bits per heavy atom. The number of likely N-dealkylation sites (N-methyl/N-ethyl adjacent to an activating group) is 1. The summed E-state index contributed by atoms with van der Waals surface area (Å²) >= 11 is 0. The van der Waals surface area contributed by atoms with Crippen molar-refractivity contribution in [2.24, 2.45) is 0 Å². The molecule has 0 saturated heterocycles. The number of hydrogen-bond donors (Lipinski definition) is 0. The highest BCUT2D eigenvalue weighted by atomic mass is 32.2. The Bertz CT molecular complexity index is 910. The van der Waals surface area contributed by atoms with Crippen molar-refractivity contribution in [2.45, 2.75) is 32.9 Å². The highest BCUT2D eigenvalue weighted by molar-refractivity contribution is 7.92. The zero-order chi connectivity index (χ0) is 20.9. The Morgan fingerprint density at radius 3 is 2.29 bits per heavy atom. The Kier molecular flexibility index (Phi) is 7.07. The second-order valence-electron chi connectivity index (χ2n) is 6.86. The molecule has 6 nitrogen and oxygen atoms in total. The Balaban J connectivity index is 2.29. The lowest BCUT2D eigenvalue weighted by Crippen LogP contribution is -2.49. The fourth-order valence-corrected chi connectivity index (χ4v) is 4.34. The standard InChI is InChI=1S/C21H28N2O4S/c1-6-20(23(28(5,25)26)18-9-7-8-16(2)14-18)21(24)22(3)15-17-10-12-19(27-4)13-11-17/h7-14,20H,6,15H2,1-5H3/t20-/m0/s1. The average molecular weight is 405 g/mol. The van der Waals surface area contributed by atoms with Gasteiger partial charge < -0.3 is 9.64 Å². The fourth-order valence-electron chi connectivity index (χ4n) is 3.15. The monoisotopic (exact) mass is 404 g/mol. The van der Waals surface area contributed by atoms with Gasteiger partial charge in [0.2, 0.25) is 15.9 Å². The topological polar surface area (TPSA) is 66.9 Å². The third kappa shape index (κ3) is 5.25. The number of carbonyl (C=O) groups is 1. The minimum atomic E-state index is -3.64. The predicted octanol–water partition coefficient (Wildman–Crippen LogP) is 3.21. The molecule has 0 unspecified atom stereocenters. The normalized spacial score (nSPS) is 12.3. The van der Waals surface area contributed by atoms with Crippen molar-refractivity contribution < 1.29 is 17.9 Å². The summed E-state index contributed by atoms with van der Waals surface area (Å²) in [5.74, 6) is 0.497. The first-order valence-electron chi connectivity index (χ1n) is 9.11. The zero-order valence-electron chi connectivity index (χ0n) is 17.0. The van der Waals surface area contributed by atoms with Crippen LogP contribution in [-0.4, -0.2) is 45.7 Å². The highest BCUT2D eigenvalue weighted by Gasteiger charge is 2.33. The Hall–Kier alpha value is -2.54. The maximum atomic E-state index is 13.1. The van der Waals surface area contributed by atoms with E-state index < -0.39 is 16.1 Å². The summed E-state index contributed by atoms with van der Waals surface area (Å²) in [6, 6.07) is 13.8. The van der Waals surface area contributed by atoms with Gasteiger partial charge in [-0.3, -0.25) is 9.10 Å². The fraction of sp³-hybridized carbons (Fsp3) is 0.381. The minimum Gasteiger partial charge on any atom is -0.497 e. The maximum Gasteiger partial charge on any atom is 0.246 e. The van der Waals surface area contributed by atoms with E-state index in [1.54, 1.807) is 37.3 Å². The molecule has 0 aliphatic carbocycles. The van der Waals surface area contributed by atoms with Gasteiger partial charge in [0.1, 0.15) is 11.8 Å². The average Bonchev–Trinajstić information content (AvgIpc) is 2.65. The van der Waals surface area contributed by atoms with Gasteiger partial charge in [0, 0.05) is 13.6 Å². The molecule has 1 atom stereocenters. The summed E-state index contributed by atoms with van der Waals surface area (Å²) in [4.78, 5) is 14.7. The Morgan fingerprint density at radius 1 is 1.14 bits per heavy atom. The van der Waals surface area contributed by atoms with E-state index in [2.05, 4.69) is 0 Å². The maximum absolute atomic E-state index is 13.1. The van der Waals surface area contributed by atoms with Gasteiger partial charge >= 0.3 is 0 Å². The molecule has 7 heteroatoms. The van der Waals surface area contributed by atoms with Gasteiger partial charge in [-0.15, -0.1) is 0 Å². The van der Waals surface area contributed by atoms with Gasteiger partial charge in [-0.25, -0.2) is 8.42 Å². The molecule has 2 aromatic carbocycles. The van der Waals surface area contributed by atoms with Crippen LogP contribution in [0.4, 0.5) is 5.69 Å². The summed E-state index contributed by atoms with van der Waals surface area (Å²) in [7, 11) is -0.352. The predicted molar refractivity (Wildman–Crippen MR) is 112 cm³/mol. The van der Waals surface area contributed by atoms with Crippen molar-refractivity contribution in [1.29, 1.82) is 0 Å². The van der Waals surface area contributed by atoms with Crippen molar-refractivity contribution in [3.05, 3.63) is 59.7 Å². The summed E-state index contributed by atoms with van der Waals surface area (Å²) in [5.41, 5.74) is 2.37. The van der Waals surface area contributed by atoms with Crippen LogP contribution >= 0.6 is 0 Å². The van der Waals surface area contributed by atoms with E-state index >= 15 is 0 Å². The lowest BCUT2D eigenvalue weighted by atomic mass is 10.1. The third-order valence-electron chi connectivity index (χ3n) is 4.52. The molecule has 0 saturated carbocycles. The van der Waals surface area contributed by atoms with Crippen LogP contribution in [0.3, 0.4) is 0 Å². The van der Waals surface area contributed by atoms with Crippen molar-refractivity contribution in [2.75, 3.05) is 24.7 Å². The number of amides is 1. The van der Waals surface area contributed by atoms with Crippen LogP contribution in [0.5, 0.6) is 5.75 Å². The molecule has 0 fully saturated rings. The molecular weight excluding hydrogens is 376 g/mol. The number of rotatable bonds is 8. The number of nitrogens with zero attached hydrogens (tertiary/aromatic N) is 2. The molecule has 2 rings (SSSR count). The van der Waals surface area contributed by atoms with E-state index in [9.17, 15) is 13.2 Å². The number of sulfonamides is 1. The first-order valence-corrected chi connectivity index (χ1v) is 11.0. The van der Waals surface area contributed by atoms with Gasteiger partial charge in [0.25, 0.3) is 0 Å². The van der Waals surface area contributed by atoms with Crippen LogP contribution in [-0.2, 0) is 21.4 Å². The molecule has 0 aliphatic heterocycles. The van der Waals surface area contributed by atoms with Gasteiger partial charge in [-0.2, -0.15) is 0 Å². The molecule has 0 spiro atoms. The lowest BCUT2D eigenvalue weighted by molar-refractivity contribution is -0.131. The van der Waals surface area contributed by atoms with Crippen molar-refractivity contribution in [3.63, 3.8) is 0 Å². The SMILES string of the molecule is CC[C@@H](C(=O)N(C)Cc1ccc(OC)cc1)N(c1cccc(C)c1)S(C)(=O)=O. The van der Waals surface area contributed by atoms with Crippen LogP contribution < -0.4 is 9.04 Å². The van der Waals surface area contributed by atoms with Crippen LogP contribution in [0.2, 0.25) is 0 Å². The molecule has 152 valence electrons. The molecule has 1 amide bonds. The first kappa shape index (κ1) is 21.8. The molecule has 0 N–H and O–H groups in total. The van der Waals surface area contributed by atoms with E-state index in [4.69, 9.17) is 4.74 Å². The van der Waals surface area contributed by atoms with E-state index in [-0.39, 0.29) is 5.91 Å². The van der Waals surface area contributed by atoms with Crippen LogP contribution in [0.1, 0.15) is 24.5 Å². The van der Waals surface area contributed by atoms with Crippen LogP contribution in [0.25, 0.3) is 0 Å². The van der Waals surface area contributed by atoms with Crippen molar-refractivity contribution in [1.82, 2.24) is 4.90 Å². The largest absolute Gasteiger partial charge is 0.497 e. The Labute approximate surface area is 167 Å². The van der Waals surface area contributed by atoms with Crippen LogP contribution in [0.15, 0.2) is 48.5 Å². The first-order chi connectivity index (χ1) is 13.2. The number of ether oxygens (including phenoxy) is 1. The second-order valence-corrected chi connectivity index (χ2v) is 8.72. The summed E-state index contributed by atoms with van der Waals surface area (Å²) in [6.07, 6.45) is 1.50. The smallest absolute Gasteiger partial charge is 0.246 e.